The molecule has 0 aromatic heterocycles. The molecule has 0 radical (unpaired) electrons. The van der Waals surface area contributed by atoms with Crippen molar-refractivity contribution in [2.24, 2.45) is 0 Å². The average molecular weight is 307 g/mol. The number of amides is 3. The quantitative estimate of drug-likeness (QED) is 0.727. The molecule has 0 spiro atoms. The summed E-state index contributed by atoms with van der Waals surface area (Å²) < 4.78 is 0. The van der Waals surface area contributed by atoms with Gasteiger partial charge in [-0.1, -0.05) is 0 Å². The second-order valence-corrected chi connectivity index (χ2v) is 6.13. The van der Waals surface area contributed by atoms with Gasteiger partial charge in [-0.3, -0.25) is 9.69 Å². The molecule has 2 aliphatic heterocycles. The van der Waals surface area contributed by atoms with E-state index in [0.717, 1.165) is 39.0 Å². The van der Waals surface area contributed by atoms with E-state index in [2.05, 4.69) is 11.0 Å². The lowest BCUT2D eigenvalue weighted by atomic mass is 10.0. The Labute approximate surface area is 132 Å². The van der Waals surface area contributed by atoms with Gasteiger partial charge in [0.05, 0.1) is 19.0 Å². The molecule has 0 aromatic carbocycles. The smallest absolute Gasteiger partial charge is 0.320 e. The fraction of sp³-hybridized carbons (Fsp3) is 0.800. The van der Waals surface area contributed by atoms with E-state index < -0.39 is 0 Å². The predicted molar refractivity (Wildman–Crippen MR) is 82.1 cm³/mol. The number of carbonyl (C=O) groups is 2. The molecule has 7 heteroatoms. The van der Waals surface area contributed by atoms with Crippen LogP contribution in [0.25, 0.3) is 0 Å². The molecule has 0 aliphatic carbocycles. The van der Waals surface area contributed by atoms with Crippen molar-refractivity contribution in [1.29, 1.82) is 5.26 Å². The lowest BCUT2D eigenvalue weighted by Crippen LogP contribution is -2.48. The molecular weight excluding hydrogens is 282 g/mol. The van der Waals surface area contributed by atoms with Gasteiger partial charge in [0.2, 0.25) is 5.91 Å². The maximum atomic E-state index is 12.1. The molecule has 0 aromatic rings. The summed E-state index contributed by atoms with van der Waals surface area (Å²) in [6.07, 6.45) is 2.22. The van der Waals surface area contributed by atoms with Crippen LogP contribution in [0.5, 0.6) is 0 Å². The van der Waals surface area contributed by atoms with Crippen LogP contribution < -0.4 is 0 Å². The Morgan fingerprint density at radius 2 is 2.00 bits per heavy atom. The number of urea groups is 1. The first-order valence-corrected chi connectivity index (χ1v) is 7.88. The van der Waals surface area contributed by atoms with Crippen LogP contribution in [0.4, 0.5) is 4.79 Å². The summed E-state index contributed by atoms with van der Waals surface area (Å²) in [5, 5.41) is 8.56. The van der Waals surface area contributed by atoms with Gasteiger partial charge in [-0.15, -0.1) is 0 Å². The number of nitriles is 1. The molecule has 0 N–H and O–H groups in total. The van der Waals surface area contributed by atoms with E-state index in [-0.39, 0.29) is 11.9 Å². The Kier molecular flexibility index (Phi) is 5.61. The normalized spacial score (nSPS) is 20.3. The molecule has 122 valence electrons. The molecule has 0 atom stereocenters. The van der Waals surface area contributed by atoms with Gasteiger partial charge in [-0.05, 0) is 12.8 Å². The molecule has 2 saturated heterocycles. The zero-order valence-electron chi connectivity index (χ0n) is 13.5. The summed E-state index contributed by atoms with van der Waals surface area (Å²) in [6.45, 7) is 4.20. The van der Waals surface area contributed by atoms with E-state index in [1.165, 1.54) is 0 Å². The van der Waals surface area contributed by atoms with Crippen LogP contribution in [0.1, 0.15) is 19.3 Å². The van der Waals surface area contributed by atoms with E-state index in [4.69, 9.17) is 5.26 Å². The van der Waals surface area contributed by atoms with Crippen LogP contribution in [0.3, 0.4) is 0 Å². The summed E-state index contributed by atoms with van der Waals surface area (Å²) >= 11 is 0. The minimum absolute atomic E-state index is 0.0608. The highest BCUT2D eigenvalue weighted by Gasteiger charge is 2.33. The molecule has 2 rings (SSSR count). The van der Waals surface area contributed by atoms with Gasteiger partial charge >= 0.3 is 6.03 Å². The first-order chi connectivity index (χ1) is 10.5. The molecule has 0 unspecified atom stereocenters. The van der Waals surface area contributed by atoms with Crippen LogP contribution in [-0.4, -0.2) is 90.9 Å². The Hall–Kier alpha value is -1.81. The Morgan fingerprint density at radius 1 is 1.32 bits per heavy atom. The highest BCUT2D eigenvalue weighted by atomic mass is 16.2. The average Bonchev–Trinajstić information content (AvgIpc) is 2.85. The highest BCUT2D eigenvalue weighted by molar-refractivity contribution is 5.78. The zero-order chi connectivity index (χ0) is 16.1. The number of nitrogens with zero attached hydrogens (tertiary/aromatic N) is 5. The topological polar surface area (TPSA) is 70.9 Å². The van der Waals surface area contributed by atoms with Gasteiger partial charge in [0.25, 0.3) is 0 Å². The number of piperidine rings is 1. The van der Waals surface area contributed by atoms with Crippen molar-refractivity contribution in [2.45, 2.75) is 25.3 Å². The second kappa shape index (κ2) is 7.45. The molecule has 7 nitrogen and oxygen atoms in total. The minimum Gasteiger partial charge on any atom is -0.344 e. The van der Waals surface area contributed by atoms with Crippen molar-refractivity contribution in [3.8, 4) is 6.07 Å². The lowest BCUT2D eigenvalue weighted by molar-refractivity contribution is -0.131. The Morgan fingerprint density at radius 3 is 2.55 bits per heavy atom. The van der Waals surface area contributed by atoms with Crippen molar-refractivity contribution < 1.29 is 9.59 Å². The molecule has 2 fully saturated rings. The van der Waals surface area contributed by atoms with E-state index in [9.17, 15) is 9.59 Å². The van der Waals surface area contributed by atoms with E-state index >= 15 is 0 Å². The maximum absolute atomic E-state index is 12.1. The number of hydrogen-bond acceptors (Lipinski definition) is 4. The minimum atomic E-state index is 0.0608. The fourth-order valence-electron chi connectivity index (χ4n) is 3.05. The number of likely N-dealkylation sites (tertiary alicyclic amines) is 1. The van der Waals surface area contributed by atoms with Gasteiger partial charge in [0.15, 0.2) is 0 Å². The highest BCUT2D eigenvalue weighted by Crippen LogP contribution is 2.20. The van der Waals surface area contributed by atoms with Crippen molar-refractivity contribution >= 4 is 11.9 Å². The van der Waals surface area contributed by atoms with Gasteiger partial charge < -0.3 is 14.7 Å². The second-order valence-electron chi connectivity index (χ2n) is 6.13. The summed E-state index contributed by atoms with van der Waals surface area (Å²) in [7, 11) is 3.58. The first kappa shape index (κ1) is 16.6. The van der Waals surface area contributed by atoms with Gasteiger partial charge in [-0.2, -0.15) is 5.26 Å². The summed E-state index contributed by atoms with van der Waals surface area (Å²) in [6, 6.07) is 2.49. The molecule has 3 amide bonds. The van der Waals surface area contributed by atoms with Crippen molar-refractivity contribution in [1.82, 2.24) is 19.6 Å². The monoisotopic (exact) mass is 307 g/mol. The number of rotatable bonds is 5. The lowest BCUT2D eigenvalue weighted by Gasteiger charge is -2.36. The molecule has 2 heterocycles. The van der Waals surface area contributed by atoms with E-state index in [1.807, 2.05) is 11.9 Å². The summed E-state index contributed by atoms with van der Waals surface area (Å²) in [4.78, 5) is 31.6. The molecule has 2 aliphatic rings. The standard InChI is InChI=1S/C15H25N5O2/c1-17(7-3-6-16)14(21)12-19-8-4-13(5-9-19)20-11-10-18(2)15(20)22/h13H,3-5,7-12H2,1-2H3. The van der Waals surface area contributed by atoms with Crippen LogP contribution in [0.2, 0.25) is 0 Å². The first-order valence-electron chi connectivity index (χ1n) is 7.88. The number of hydrogen-bond donors (Lipinski definition) is 0. The summed E-state index contributed by atoms with van der Waals surface area (Å²) in [5.41, 5.74) is 0. The van der Waals surface area contributed by atoms with Crippen molar-refractivity contribution in [2.75, 3.05) is 53.4 Å². The number of carbonyl (C=O) groups excluding carboxylic acids is 2. The van der Waals surface area contributed by atoms with E-state index in [0.29, 0.717) is 25.6 Å². The third-order valence-corrected chi connectivity index (χ3v) is 4.59. The maximum Gasteiger partial charge on any atom is 0.320 e. The van der Waals surface area contributed by atoms with Crippen LogP contribution in [-0.2, 0) is 4.79 Å². The third kappa shape index (κ3) is 3.89. The van der Waals surface area contributed by atoms with Gasteiger partial charge in [0, 0.05) is 52.9 Å². The predicted octanol–water partition coefficient (Wildman–Crippen LogP) is 0.190. The van der Waals surface area contributed by atoms with Gasteiger partial charge in [0.1, 0.15) is 0 Å². The number of likely N-dealkylation sites (N-methyl/N-ethyl adjacent to an activating group) is 2. The largest absolute Gasteiger partial charge is 0.344 e. The third-order valence-electron chi connectivity index (χ3n) is 4.59. The molecular formula is C15H25N5O2. The summed E-state index contributed by atoms with van der Waals surface area (Å²) in [5.74, 6) is 0.0608. The van der Waals surface area contributed by atoms with Crippen LogP contribution in [0.15, 0.2) is 0 Å². The van der Waals surface area contributed by atoms with Crippen molar-refractivity contribution in [3.05, 3.63) is 0 Å². The van der Waals surface area contributed by atoms with Crippen molar-refractivity contribution in [3.63, 3.8) is 0 Å². The Bertz CT molecular complexity index is 453. The van der Waals surface area contributed by atoms with Crippen LogP contribution >= 0.6 is 0 Å². The van der Waals surface area contributed by atoms with Gasteiger partial charge in [-0.25, -0.2) is 4.79 Å². The fourth-order valence-corrected chi connectivity index (χ4v) is 3.05. The molecule has 0 saturated carbocycles. The SMILES string of the molecule is CN(CCC#N)C(=O)CN1CCC(N2CCN(C)C2=O)CC1. The molecule has 0 bridgehead atoms. The van der Waals surface area contributed by atoms with E-state index in [1.54, 1.807) is 16.8 Å². The zero-order valence-corrected chi connectivity index (χ0v) is 13.5. The Balaban J connectivity index is 1.74. The van der Waals surface area contributed by atoms with Crippen LogP contribution in [0, 0.1) is 11.3 Å². The molecule has 22 heavy (non-hydrogen) atoms.